The summed E-state index contributed by atoms with van der Waals surface area (Å²) in [7, 11) is 0. The molecule has 4 aromatic rings. The van der Waals surface area contributed by atoms with E-state index < -0.39 is 5.97 Å². The summed E-state index contributed by atoms with van der Waals surface area (Å²) < 4.78 is 0.784. The van der Waals surface area contributed by atoms with Crippen molar-refractivity contribution in [3.8, 4) is 11.1 Å². The smallest absolute Gasteiger partial charge is 0.337 e. The first-order valence-corrected chi connectivity index (χ1v) is 12.3. The van der Waals surface area contributed by atoms with Gasteiger partial charge in [-0.1, -0.05) is 94.3 Å². The van der Waals surface area contributed by atoms with Gasteiger partial charge in [-0.05, 0) is 65.8 Å². The third-order valence-electron chi connectivity index (χ3n) is 6.76. The highest BCUT2D eigenvalue weighted by molar-refractivity contribution is 9.10. The zero-order valence-corrected chi connectivity index (χ0v) is 20.8. The molecule has 4 heteroatoms. The molecule has 0 radical (unpaired) electrons. The van der Waals surface area contributed by atoms with E-state index in [9.17, 15) is 9.90 Å². The summed E-state index contributed by atoms with van der Waals surface area (Å²) in [5.74, 6) is -0.838. The molecule has 0 fully saturated rings. The van der Waals surface area contributed by atoms with Crippen molar-refractivity contribution in [3.63, 3.8) is 0 Å². The fourth-order valence-corrected chi connectivity index (χ4v) is 5.49. The first-order chi connectivity index (χ1) is 16.4. The third kappa shape index (κ3) is 4.26. The van der Waals surface area contributed by atoms with E-state index >= 15 is 0 Å². The van der Waals surface area contributed by atoms with Crippen LogP contribution in [0.5, 0.6) is 0 Å². The Bertz CT molecular complexity index is 1360. The van der Waals surface area contributed by atoms with Gasteiger partial charge in [0.1, 0.15) is 0 Å². The highest BCUT2D eigenvalue weighted by Gasteiger charge is 2.32. The fourth-order valence-electron chi connectivity index (χ4n) is 5.02. The van der Waals surface area contributed by atoms with Crippen LogP contribution >= 0.6 is 15.9 Å². The molecule has 34 heavy (non-hydrogen) atoms. The predicted octanol–water partition coefficient (Wildman–Crippen LogP) is 8.12. The first-order valence-electron chi connectivity index (χ1n) is 11.5. The highest BCUT2D eigenvalue weighted by Crippen LogP contribution is 2.47. The van der Waals surface area contributed by atoms with E-state index in [2.05, 4.69) is 95.8 Å². The number of hydrogen-bond donors (Lipinski definition) is 2. The second-order valence-electron chi connectivity index (χ2n) is 9.06. The maximum absolute atomic E-state index is 12.2. The quantitative estimate of drug-likeness (QED) is 0.290. The lowest BCUT2D eigenvalue weighted by molar-refractivity contribution is 0.0697. The number of aryl methyl sites for hydroxylation is 2. The van der Waals surface area contributed by atoms with E-state index in [0.717, 1.165) is 22.0 Å². The minimum atomic E-state index is -0.926. The second kappa shape index (κ2) is 9.11. The lowest BCUT2D eigenvalue weighted by Crippen LogP contribution is -2.25. The average Bonchev–Trinajstić information content (AvgIpc) is 2.85. The fraction of sp³-hybridized carbons (Fsp3) is 0.167. The Kier molecular flexibility index (Phi) is 6.01. The summed E-state index contributed by atoms with van der Waals surface area (Å²) in [6, 6.07) is 29.2. The summed E-state index contributed by atoms with van der Waals surface area (Å²) in [6.45, 7) is 4.24. The number of halogens is 1. The number of benzene rings is 4. The van der Waals surface area contributed by atoms with Crippen LogP contribution in [0.3, 0.4) is 0 Å². The van der Waals surface area contributed by atoms with Crippen molar-refractivity contribution in [1.29, 1.82) is 0 Å². The van der Waals surface area contributed by atoms with E-state index in [1.165, 1.54) is 27.8 Å². The maximum Gasteiger partial charge on any atom is 0.337 e. The lowest BCUT2D eigenvalue weighted by Gasteiger charge is -2.35. The van der Waals surface area contributed by atoms with Crippen LogP contribution in [0, 0.1) is 13.8 Å². The van der Waals surface area contributed by atoms with Crippen LogP contribution < -0.4 is 5.32 Å². The van der Waals surface area contributed by atoms with Gasteiger partial charge in [-0.15, -0.1) is 0 Å². The standard InChI is InChI=1S/C30H26BrNO2/c1-18-8-9-19(2)24(14-18)25-17-28(32-29-26(25)15-23(31)16-27(29)30(33)34)22-12-10-21(11-13-22)20-6-4-3-5-7-20/h3-16,25,28,32H,17H2,1-2H3,(H,33,34)/t25-,28-/m0/s1. The molecule has 0 saturated heterocycles. The van der Waals surface area contributed by atoms with Crippen LogP contribution in [-0.4, -0.2) is 11.1 Å². The summed E-state index contributed by atoms with van der Waals surface area (Å²) in [4.78, 5) is 12.2. The van der Waals surface area contributed by atoms with Gasteiger partial charge in [-0.3, -0.25) is 0 Å². The summed E-state index contributed by atoms with van der Waals surface area (Å²) in [6.07, 6.45) is 0.845. The van der Waals surface area contributed by atoms with Gasteiger partial charge in [0.15, 0.2) is 0 Å². The average molecular weight is 512 g/mol. The lowest BCUT2D eigenvalue weighted by atomic mass is 9.77. The molecule has 1 aliphatic rings. The van der Waals surface area contributed by atoms with Crippen LogP contribution in [0.1, 0.15) is 56.6 Å². The molecule has 3 nitrogen and oxygen atoms in total. The van der Waals surface area contributed by atoms with Gasteiger partial charge >= 0.3 is 5.97 Å². The molecule has 4 aromatic carbocycles. The molecule has 5 rings (SSSR count). The molecule has 0 spiro atoms. The van der Waals surface area contributed by atoms with Crippen LogP contribution in [0.15, 0.2) is 89.4 Å². The van der Waals surface area contributed by atoms with Gasteiger partial charge in [-0.25, -0.2) is 4.79 Å². The van der Waals surface area contributed by atoms with E-state index in [-0.39, 0.29) is 12.0 Å². The van der Waals surface area contributed by atoms with Crippen LogP contribution in [0.2, 0.25) is 0 Å². The maximum atomic E-state index is 12.2. The molecule has 2 N–H and O–H groups in total. The molecule has 2 atom stereocenters. The summed E-state index contributed by atoms with van der Waals surface area (Å²) >= 11 is 3.54. The van der Waals surface area contributed by atoms with Gasteiger partial charge < -0.3 is 10.4 Å². The zero-order chi connectivity index (χ0) is 23.8. The van der Waals surface area contributed by atoms with Crippen molar-refractivity contribution in [1.82, 2.24) is 0 Å². The number of carboxylic acids is 1. The number of aromatic carboxylic acids is 1. The molecule has 0 aromatic heterocycles. The number of nitrogens with one attached hydrogen (secondary N) is 1. The second-order valence-corrected chi connectivity index (χ2v) is 9.97. The predicted molar refractivity (Wildman–Crippen MR) is 142 cm³/mol. The summed E-state index contributed by atoms with van der Waals surface area (Å²) in [5, 5.41) is 13.6. The van der Waals surface area contributed by atoms with Gasteiger partial charge in [-0.2, -0.15) is 0 Å². The van der Waals surface area contributed by atoms with Crippen molar-refractivity contribution < 1.29 is 9.90 Å². The Morgan fingerprint density at radius 3 is 2.29 bits per heavy atom. The zero-order valence-electron chi connectivity index (χ0n) is 19.2. The monoisotopic (exact) mass is 511 g/mol. The van der Waals surface area contributed by atoms with Crippen molar-refractivity contribution in [2.24, 2.45) is 0 Å². The molecule has 0 bridgehead atoms. The molecule has 0 amide bonds. The molecule has 170 valence electrons. The van der Waals surface area contributed by atoms with Gasteiger partial charge in [0.25, 0.3) is 0 Å². The Labute approximate surface area is 208 Å². The van der Waals surface area contributed by atoms with Crippen LogP contribution in [0.25, 0.3) is 11.1 Å². The first kappa shape index (κ1) is 22.4. The minimum absolute atomic E-state index is 0.00140. The van der Waals surface area contributed by atoms with Gasteiger partial charge in [0.05, 0.1) is 17.3 Å². The van der Waals surface area contributed by atoms with E-state index in [4.69, 9.17) is 0 Å². The Hall–Kier alpha value is -3.37. The van der Waals surface area contributed by atoms with Crippen molar-refractivity contribution in [2.75, 3.05) is 5.32 Å². The number of anilines is 1. The molecular formula is C30H26BrNO2. The number of carbonyl (C=O) groups is 1. The van der Waals surface area contributed by atoms with Crippen LogP contribution in [0.4, 0.5) is 5.69 Å². The molecular weight excluding hydrogens is 486 g/mol. The topological polar surface area (TPSA) is 49.3 Å². The number of fused-ring (bicyclic) bond motifs is 1. The minimum Gasteiger partial charge on any atom is -0.478 e. The molecule has 0 aliphatic carbocycles. The summed E-state index contributed by atoms with van der Waals surface area (Å²) in [5.41, 5.74) is 9.22. The number of rotatable bonds is 4. The Morgan fingerprint density at radius 2 is 1.59 bits per heavy atom. The van der Waals surface area contributed by atoms with Crippen molar-refractivity contribution in [2.45, 2.75) is 32.2 Å². The van der Waals surface area contributed by atoms with Crippen LogP contribution in [-0.2, 0) is 0 Å². The highest BCUT2D eigenvalue weighted by atomic mass is 79.9. The van der Waals surface area contributed by atoms with E-state index in [1.807, 2.05) is 18.2 Å². The van der Waals surface area contributed by atoms with E-state index in [0.29, 0.717) is 11.3 Å². The van der Waals surface area contributed by atoms with Gasteiger partial charge in [0.2, 0.25) is 0 Å². The van der Waals surface area contributed by atoms with E-state index in [1.54, 1.807) is 6.07 Å². The molecule has 1 aliphatic heterocycles. The number of hydrogen-bond acceptors (Lipinski definition) is 2. The Balaban J connectivity index is 1.60. The van der Waals surface area contributed by atoms with Gasteiger partial charge in [0, 0.05) is 10.4 Å². The normalized spacial score (nSPS) is 17.0. The third-order valence-corrected chi connectivity index (χ3v) is 7.22. The van der Waals surface area contributed by atoms with Crippen molar-refractivity contribution in [3.05, 3.63) is 123 Å². The largest absolute Gasteiger partial charge is 0.478 e. The molecule has 0 unspecified atom stereocenters. The number of carboxylic acid groups (broad SMARTS) is 1. The molecule has 1 heterocycles. The van der Waals surface area contributed by atoms with Crippen molar-refractivity contribution >= 4 is 27.6 Å². The Morgan fingerprint density at radius 1 is 0.882 bits per heavy atom. The SMILES string of the molecule is Cc1ccc(C)c([C@@H]2C[C@@H](c3ccc(-c4ccccc4)cc3)Nc3c(C(=O)O)cc(Br)cc32)c1. The molecule has 0 saturated carbocycles.